The smallest absolute Gasteiger partial charge is 0.417 e. The summed E-state index contributed by atoms with van der Waals surface area (Å²) in [6.07, 6.45) is -6.70. The van der Waals surface area contributed by atoms with Gasteiger partial charge in [0.05, 0.1) is 10.6 Å². The number of hydrogen-bond donors (Lipinski definition) is 2. The fourth-order valence-electron chi connectivity index (χ4n) is 2.09. The van der Waals surface area contributed by atoms with Gasteiger partial charge in [0, 0.05) is 16.6 Å². The van der Waals surface area contributed by atoms with Crippen molar-refractivity contribution in [2.45, 2.75) is 59.4 Å². The first-order chi connectivity index (χ1) is 12.0. The van der Waals surface area contributed by atoms with E-state index in [1.165, 1.54) is 6.07 Å². The third kappa shape index (κ3) is 7.28. The van der Waals surface area contributed by atoms with Crippen LogP contribution in [0.2, 0.25) is 5.02 Å². The van der Waals surface area contributed by atoms with Gasteiger partial charge in [-0.1, -0.05) is 32.4 Å². The molecule has 9 heteroatoms. The van der Waals surface area contributed by atoms with Crippen molar-refractivity contribution in [3.05, 3.63) is 28.8 Å². The molecule has 2 N–H and O–H groups in total. The lowest BCUT2D eigenvalue weighted by Crippen LogP contribution is -2.48. The van der Waals surface area contributed by atoms with Gasteiger partial charge in [0.25, 0.3) is 5.91 Å². The van der Waals surface area contributed by atoms with Crippen molar-refractivity contribution < 1.29 is 27.5 Å². The van der Waals surface area contributed by atoms with Gasteiger partial charge in [0.1, 0.15) is 0 Å². The molecule has 0 bridgehead atoms. The molecule has 0 spiro atoms. The van der Waals surface area contributed by atoms with Crippen LogP contribution in [0.1, 0.15) is 47.1 Å². The quantitative estimate of drug-likeness (QED) is 0.719. The first kappa shape index (κ1) is 23.1. The monoisotopic (exact) mass is 408 g/mol. The largest absolute Gasteiger partial charge is 0.436 e. The second-order valence-electron chi connectivity index (χ2n) is 8.21. The summed E-state index contributed by atoms with van der Waals surface area (Å²) in [6.45, 7) is 10.2. The highest BCUT2D eigenvalue weighted by atomic mass is 35.5. The van der Waals surface area contributed by atoms with Gasteiger partial charge in [0.2, 0.25) is 0 Å². The predicted octanol–water partition coefficient (Wildman–Crippen LogP) is 5.24. The fraction of sp³-hybridized carbons (Fsp3) is 0.556. The number of alkyl carbamates (subject to hydrolysis) is 1. The SMILES string of the molecule is CC(C)(C)NC(=O)O[C@H](C(=O)Nc1ccc(Cl)c(C(F)(F)F)c1)C(C)(C)C. The Morgan fingerprint density at radius 3 is 2.07 bits per heavy atom. The molecule has 1 atom stereocenters. The number of alkyl halides is 3. The van der Waals surface area contributed by atoms with Gasteiger partial charge >= 0.3 is 12.3 Å². The van der Waals surface area contributed by atoms with Gasteiger partial charge in [-0.2, -0.15) is 13.2 Å². The van der Waals surface area contributed by atoms with E-state index in [2.05, 4.69) is 10.6 Å². The topological polar surface area (TPSA) is 67.4 Å². The van der Waals surface area contributed by atoms with Crippen LogP contribution >= 0.6 is 11.6 Å². The van der Waals surface area contributed by atoms with Crippen LogP contribution in [-0.4, -0.2) is 23.6 Å². The number of amides is 2. The van der Waals surface area contributed by atoms with Gasteiger partial charge in [0.15, 0.2) is 6.10 Å². The highest BCUT2D eigenvalue weighted by molar-refractivity contribution is 6.31. The minimum absolute atomic E-state index is 0.106. The molecule has 0 saturated heterocycles. The molecule has 0 aromatic heterocycles. The van der Waals surface area contributed by atoms with E-state index in [1.807, 2.05) is 0 Å². The number of benzene rings is 1. The highest BCUT2D eigenvalue weighted by Gasteiger charge is 2.37. The van der Waals surface area contributed by atoms with E-state index in [0.29, 0.717) is 0 Å². The maximum absolute atomic E-state index is 13.0. The highest BCUT2D eigenvalue weighted by Crippen LogP contribution is 2.36. The van der Waals surface area contributed by atoms with Crippen LogP contribution in [0.3, 0.4) is 0 Å². The summed E-state index contributed by atoms with van der Waals surface area (Å²) < 4.78 is 44.1. The molecule has 152 valence electrons. The van der Waals surface area contributed by atoms with Crippen molar-refractivity contribution in [3.8, 4) is 0 Å². The summed E-state index contributed by atoms with van der Waals surface area (Å²) >= 11 is 5.57. The second kappa shape index (κ2) is 7.96. The van der Waals surface area contributed by atoms with Crippen LogP contribution < -0.4 is 10.6 Å². The molecule has 0 radical (unpaired) electrons. The molecule has 0 aliphatic heterocycles. The summed E-state index contributed by atoms with van der Waals surface area (Å²) in [7, 11) is 0. The average Bonchev–Trinajstić information content (AvgIpc) is 2.42. The Hall–Kier alpha value is -1.96. The van der Waals surface area contributed by atoms with Crippen LogP contribution in [-0.2, 0) is 15.7 Å². The summed E-state index contributed by atoms with van der Waals surface area (Å²) in [5.74, 6) is -0.748. The lowest BCUT2D eigenvalue weighted by atomic mass is 9.88. The number of carbonyl (C=O) groups excluding carboxylic acids is 2. The summed E-state index contributed by atoms with van der Waals surface area (Å²) in [5.41, 5.74) is -2.54. The molecular formula is C18H24ClF3N2O3. The van der Waals surface area contributed by atoms with E-state index in [-0.39, 0.29) is 5.69 Å². The van der Waals surface area contributed by atoms with Crippen LogP contribution in [0, 0.1) is 5.41 Å². The second-order valence-corrected chi connectivity index (χ2v) is 8.62. The number of halogens is 4. The Bertz CT molecular complexity index is 707. The lowest BCUT2D eigenvalue weighted by molar-refractivity contribution is -0.137. The summed E-state index contributed by atoms with van der Waals surface area (Å²) in [6, 6.07) is 3.01. The molecule has 1 aromatic rings. The third-order valence-corrected chi connectivity index (χ3v) is 3.60. The van der Waals surface area contributed by atoms with Crippen molar-refractivity contribution in [1.82, 2.24) is 5.32 Å². The number of ether oxygens (including phenoxy) is 1. The van der Waals surface area contributed by atoms with Crippen molar-refractivity contribution in [2.24, 2.45) is 5.41 Å². The molecule has 0 aliphatic rings. The molecule has 0 unspecified atom stereocenters. The number of rotatable bonds is 3. The standard InChI is InChI=1S/C18H24ClF3N2O3/c1-16(2,3)13(27-15(26)24-17(4,5)6)14(25)23-10-7-8-12(19)11(9-10)18(20,21)22/h7-9,13H,1-6H3,(H,23,25)(H,24,26)/t13-/m1/s1. The van der Waals surface area contributed by atoms with Gasteiger partial charge in [-0.05, 0) is 39.0 Å². The Morgan fingerprint density at radius 2 is 1.63 bits per heavy atom. The van der Waals surface area contributed by atoms with Gasteiger partial charge < -0.3 is 15.4 Å². The predicted molar refractivity (Wildman–Crippen MR) is 97.7 cm³/mol. The first-order valence-electron chi connectivity index (χ1n) is 8.17. The van der Waals surface area contributed by atoms with E-state index in [4.69, 9.17) is 16.3 Å². The van der Waals surface area contributed by atoms with Crippen molar-refractivity contribution in [1.29, 1.82) is 0 Å². The number of nitrogens with one attached hydrogen (secondary N) is 2. The summed E-state index contributed by atoms with van der Waals surface area (Å²) in [5, 5.41) is 4.45. The van der Waals surface area contributed by atoms with Gasteiger partial charge in [-0.25, -0.2) is 4.79 Å². The molecule has 0 heterocycles. The Morgan fingerprint density at radius 1 is 1.07 bits per heavy atom. The lowest BCUT2D eigenvalue weighted by Gasteiger charge is -2.30. The molecule has 27 heavy (non-hydrogen) atoms. The van der Waals surface area contributed by atoms with Crippen LogP contribution in [0.5, 0.6) is 0 Å². The van der Waals surface area contributed by atoms with Crippen molar-refractivity contribution in [3.63, 3.8) is 0 Å². The minimum atomic E-state index is -4.66. The molecule has 0 aliphatic carbocycles. The fourth-order valence-corrected chi connectivity index (χ4v) is 2.32. The van der Waals surface area contributed by atoms with E-state index in [0.717, 1.165) is 12.1 Å². The zero-order valence-electron chi connectivity index (χ0n) is 16.0. The zero-order valence-corrected chi connectivity index (χ0v) is 16.8. The maximum Gasteiger partial charge on any atom is 0.417 e. The molecular weight excluding hydrogens is 385 g/mol. The number of carbonyl (C=O) groups is 2. The Labute approximate surface area is 161 Å². The molecule has 1 rings (SSSR count). The van der Waals surface area contributed by atoms with Crippen LogP contribution in [0.25, 0.3) is 0 Å². The van der Waals surface area contributed by atoms with E-state index in [9.17, 15) is 22.8 Å². The van der Waals surface area contributed by atoms with E-state index in [1.54, 1.807) is 41.5 Å². The summed E-state index contributed by atoms with van der Waals surface area (Å²) in [4.78, 5) is 24.6. The number of hydrogen-bond acceptors (Lipinski definition) is 3. The van der Waals surface area contributed by atoms with Gasteiger partial charge in [-0.15, -0.1) is 0 Å². The van der Waals surface area contributed by atoms with E-state index >= 15 is 0 Å². The normalized spacial score (nSPS) is 13.7. The minimum Gasteiger partial charge on any atom is -0.436 e. The van der Waals surface area contributed by atoms with Gasteiger partial charge in [-0.3, -0.25) is 4.79 Å². The molecule has 1 aromatic carbocycles. The maximum atomic E-state index is 13.0. The number of anilines is 1. The van der Waals surface area contributed by atoms with E-state index < -0.39 is 45.8 Å². The Balaban J connectivity index is 3.03. The molecule has 5 nitrogen and oxygen atoms in total. The van der Waals surface area contributed by atoms with Crippen LogP contribution in [0.15, 0.2) is 18.2 Å². The zero-order chi connectivity index (χ0) is 21.2. The first-order valence-corrected chi connectivity index (χ1v) is 8.55. The van der Waals surface area contributed by atoms with Crippen molar-refractivity contribution >= 4 is 29.3 Å². The third-order valence-electron chi connectivity index (χ3n) is 3.27. The molecule has 0 fully saturated rings. The van der Waals surface area contributed by atoms with Crippen molar-refractivity contribution in [2.75, 3.05) is 5.32 Å². The molecule has 0 saturated carbocycles. The molecule has 2 amide bonds. The van der Waals surface area contributed by atoms with Crippen LogP contribution in [0.4, 0.5) is 23.7 Å². The average molecular weight is 409 g/mol. The Kier molecular flexibility index (Phi) is 6.80.